The molecule has 5 nitrogen and oxygen atoms in total. The molecule has 3 unspecified atom stereocenters. The van der Waals surface area contributed by atoms with E-state index in [2.05, 4.69) is 0 Å². The number of rotatable bonds is 9. The van der Waals surface area contributed by atoms with Crippen LogP contribution in [0.1, 0.15) is 46.0 Å². The van der Waals surface area contributed by atoms with E-state index in [1.54, 1.807) is 0 Å². The predicted octanol–water partition coefficient (Wildman–Crippen LogP) is 1.74. The minimum absolute atomic E-state index is 0.0140. The molecule has 0 saturated carbocycles. The van der Waals surface area contributed by atoms with Crippen LogP contribution < -0.4 is 0 Å². The smallest absolute Gasteiger partial charge is 0.309 e. The van der Waals surface area contributed by atoms with Gasteiger partial charge in [0.05, 0.1) is 17.9 Å². The Bertz CT molecular complexity index is 251. The molecule has 0 rings (SSSR count). The fourth-order valence-electron chi connectivity index (χ4n) is 1.94. The second-order valence-electron chi connectivity index (χ2n) is 4.36. The predicted molar refractivity (Wildman–Crippen MR) is 62.7 cm³/mol. The number of aliphatic carboxylic acids is 2. The first-order valence-corrected chi connectivity index (χ1v) is 6.07. The topological polar surface area (TPSA) is 94.8 Å². The van der Waals surface area contributed by atoms with Crippen molar-refractivity contribution in [3.63, 3.8) is 0 Å². The van der Waals surface area contributed by atoms with E-state index in [0.717, 1.165) is 0 Å². The van der Waals surface area contributed by atoms with Crippen LogP contribution in [0.25, 0.3) is 0 Å². The van der Waals surface area contributed by atoms with Crippen molar-refractivity contribution in [2.45, 2.75) is 52.1 Å². The standard InChI is InChI=1S/C12H22O5/c1-3-5-8(11(14)15)7-10(13)9(6-4-2)12(16)17/h8-10,13H,3-7H2,1-2H3,(H,14,15)(H,16,17). The third kappa shape index (κ3) is 5.68. The maximum Gasteiger partial charge on any atom is 0.309 e. The summed E-state index contributed by atoms with van der Waals surface area (Å²) in [4.78, 5) is 21.8. The second kappa shape index (κ2) is 8.06. The first kappa shape index (κ1) is 15.9. The number of aliphatic hydroxyl groups excluding tert-OH is 1. The minimum Gasteiger partial charge on any atom is -0.481 e. The number of carbonyl (C=O) groups is 2. The largest absolute Gasteiger partial charge is 0.481 e. The van der Waals surface area contributed by atoms with Crippen LogP contribution >= 0.6 is 0 Å². The Labute approximate surface area is 101 Å². The highest BCUT2D eigenvalue weighted by molar-refractivity contribution is 5.72. The quantitative estimate of drug-likeness (QED) is 0.576. The summed E-state index contributed by atoms with van der Waals surface area (Å²) < 4.78 is 0. The molecular weight excluding hydrogens is 224 g/mol. The Morgan fingerprint density at radius 3 is 1.88 bits per heavy atom. The van der Waals surface area contributed by atoms with Crippen molar-refractivity contribution in [2.75, 3.05) is 0 Å². The van der Waals surface area contributed by atoms with Gasteiger partial charge in [-0.2, -0.15) is 0 Å². The summed E-state index contributed by atoms with van der Waals surface area (Å²) >= 11 is 0. The third-order valence-corrected chi connectivity index (χ3v) is 2.89. The first-order chi connectivity index (χ1) is 7.93. The van der Waals surface area contributed by atoms with E-state index >= 15 is 0 Å². The molecule has 0 fully saturated rings. The molecule has 5 heteroatoms. The van der Waals surface area contributed by atoms with Crippen molar-refractivity contribution in [3.05, 3.63) is 0 Å². The average molecular weight is 246 g/mol. The summed E-state index contributed by atoms with van der Waals surface area (Å²) in [7, 11) is 0. The number of carboxylic acid groups (broad SMARTS) is 2. The molecule has 0 bridgehead atoms. The molecule has 0 aliphatic rings. The molecule has 3 atom stereocenters. The van der Waals surface area contributed by atoms with Gasteiger partial charge >= 0.3 is 11.9 Å². The molecule has 0 aliphatic carbocycles. The van der Waals surface area contributed by atoms with E-state index in [1.807, 2.05) is 13.8 Å². The Kier molecular flexibility index (Phi) is 7.54. The summed E-state index contributed by atoms with van der Waals surface area (Å²) in [5, 5.41) is 27.7. The first-order valence-electron chi connectivity index (χ1n) is 6.07. The number of aliphatic hydroxyl groups is 1. The van der Waals surface area contributed by atoms with Crippen molar-refractivity contribution in [3.8, 4) is 0 Å². The van der Waals surface area contributed by atoms with Crippen LogP contribution in [0.5, 0.6) is 0 Å². The van der Waals surface area contributed by atoms with Gasteiger partial charge < -0.3 is 15.3 Å². The second-order valence-corrected chi connectivity index (χ2v) is 4.36. The molecule has 100 valence electrons. The van der Waals surface area contributed by atoms with Gasteiger partial charge in [-0.15, -0.1) is 0 Å². The molecule has 3 N–H and O–H groups in total. The van der Waals surface area contributed by atoms with Crippen LogP contribution in [0.15, 0.2) is 0 Å². The number of carboxylic acids is 2. The van der Waals surface area contributed by atoms with Crippen LogP contribution in [0.2, 0.25) is 0 Å². The Morgan fingerprint density at radius 2 is 1.53 bits per heavy atom. The van der Waals surface area contributed by atoms with Crippen molar-refractivity contribution in [1.29, 1.82) is 0 Å². The molecule has 0 radical (unpaired) electrons. The van der Waals surface area contributed by atoms with E-state index in [1.165, 1.54) is 0 Å². The SMILES string of the molecule is CCCC(CC(O)C(CCC)C(=O)O)C(=O)O. The summed E-state index contributed by atoms with van der Waals surface area (Å²) in [6.45, 7) is 3.70. The van der Waals surface area contributed by atoms with Gasteiger partial charge in [0.15, 0.2) is 0 Å². The highest BCUT2D eigenvalue weighted by Gasteiger charge is 2.30. The molecule has 0 aliphatic heterocycles. The Hall–Kier alpha value is -1.10. The van der Waals surface area contributed by atoms with Gasteiger partial charge in [-0.05, 0) is 19.3 Å². The average Bonchev–Trinajstić information content (AvgIpc) is 2.24. The molecule has 0 spiro atoms. The Morgan fingerprint density at radius 1 is 1.00 bits per heavy atom. The minimum atomic E-state index is -1.08. The van der Waals surface area contributed by atoms with Crippen LogP contribution in [-0.2, 0) is 9.59 Å². The van der Waals surface area contributed by atoms with Crippen LogP contribution in [-0.4, -0.2) is 33.4 Å². The van der Waals surface area contributed by atoms with Crippen molar-refractivity contribution < 1.29 is 24.9 Å². The zero-order chi connectivity index (χ0) is 13.4. The van der Waals surface area contributed by atoms with Gasteiger partial charge in [0, 0.05) is 0 Å². The lowest BCUT2D eigenvalue weighted by atomic mass is 9.88. The highest BCUT2D eigenvalue weighted by Crippen LogP contribution is 2.21. The summed E-state index contributed by atoms with van der Waals surface area (Å²) in [5.74, 6) is -3.54. The summed E-state index contributed by atoms with van der Waals surface area (Å²) in [6.07, 6.45) is 1.12. The number of hydrogen-bond donors (Lipinski definition) is 3. The van der Waals surface area contributed by atoms with Crippen LogP contribution in [0.3, 0.4) is 0 Å². The van der Waals surface area contributed by atoms with Gasteiger partial charge in [-0.1, -0.05) is 26.7 Å². The van der Waals surface area contributed by atoms with Gasteiger partial charge in [0.2, 0.25) is 0 Å². The lowest BCUT2D eigenvalue weighted by Gasteiger charge is -2.21. The van der Waals surface area contributed by atoms with E-state index in [-0.39, 0.29) is 6.42 Å². The molecule has 0 aromatic carbocycles. The molecule has 0 amide bonds. The molecule has 0 aromatic heterocycles. The zero-order valence-corrected chi connectivity index (χ0v) is 10.4. The molecular formula is C12H22O5. The van der Waals surface area contributed by atoms with E-state index in [9.17, 15) is 14.7 Å². The molecule has 17 heavy (non-hydrogen) atoms. The van der Waals surface area contributed by atoms with E-state index < -0.39 is 29.9 Å². The van der Waals surface area contributed by atoms with Gasteiger partial charge in [-0.25, -0.2) is 0 Å². The fraction of sp³-hybridized carbons (Fsp3) is 0.833. The summed E-state index contributed by atoms with van der Waals surface area (Å²) in [5.41, 5.74) is 0. The summed E-state index contributed by atoms with van der Waals surface area (Å²) in [6, 6.07) is 0. The van der Waals surface area contributed by atoms with E-state index in [0.29, 0.717) is 25.7 Å². The zero-order valence-electron chi connectivity index (χ0n) is 10.4. The van der Waals surface area contributed by atoms with E-state index in [4.69, 9.17) is 10.2 Å². The van der Waals surface area contributed by atoms with Crippen molar-refractivity contribution >= 4 is 11.9 Å². The van der Waals surface area contributed by atoms with Gasteiger partial charge in [0.25, 0.3) is 0 Å². The van der Waals surface area contributed by atoms with Crippen LogP contribution in [0, 0.1) is 11.8 Å². The lowest BCUT2D eigenvalue weighted by molar-refractivity contribution is -0.150. The lowest BCUT2D eigenvalue weighted by Crippen LogP contribution is -2.31. The maximum absolute atomic E-state index is 10.9. The van der Waals surface area contributed by atoms with Gasteiger partial charge in [0.1, 0.15) is 0 Å². The number of hydrogen-bond acceptors (Lipinski definition) is 3. The highest BCUT2D eigenvalue weighted by atomic mass is 16.4. The normalized spacial score (nSPS) is 16.2. The maximum atomic E-state index is 10.9. The monoisotopic (exact) mass is 246 g/mol. The molecule has 0 aromatic rings. The van der Waals surface area contributed by atoms with Crippen molar-refractivity contribution in [1.82, 2.24) is 0 Å². The third-order valence-electron chi connectivity index (χ3n) is 2.89. The van der Waals surface area contributed by atoms with Crippen molar-refractivity contribution in [2.24, 2.45) is 11.8 Å². The Balaban J connectivity index is 4.49. The molecule has 0 saturated heterocycles. The fourth-order valence-corrected chi connectivity index (χ4v) is 1.94. The molecule has 0 heterocycles. The van der Waals surface area contributed by atoms with Gasteiger partial charge in [-0.3, -0.25) is 9.59 Å². The van der Waals surface area contributed by atoms with Crippen LogP contribution in [0.4, 0.5) is 0 Å².